The summed E-state index contributed by atoms with van der Waals surface area (Å²) in [4.78, 5) is 11.7. The zero-order valence-corrected chi connectivity index (χ0v) is 9.39. The van der Waals surface area contributed by atoms with Crippen LogP contribution in [0, 0.1) is 0 Å². The summed E-state index contributed by atoms with van der Waals surface area (Å²) in [5.41, 5.74) is 1.54. The van der Waals surface area contributed by atoms with E-state index in [9.17, 15) is 4.79 Å². The minimum Gasteiger partial charge on any atom is -0.495 e. The largest absolute Gasteiger partial charge is 0.495 e. The first-order valence-corrected chi connectivity index (χ1v) is 5.17. The summed E-state index contributed by atoms with van der Waals surface area (Å²) in [6.45, 7) is 2.72. The van der Waals surface area contributed by atoms with Gasteiger partial charge in [0.15, 0.2) is 0 Å². The Morgan fingerprint density at radius 1 is 1.53 bits per heavy atom. The molecule has 15 heavy (non-hydrogen) atoms. The number of ether oxygens (including phenoxy) is 1. The fourth-order valence-electron chi connectivity index (χ4n) is 1.82. The molecule has 0 saturated carbocycles. The van der Waals surface area contributed by atoms with E-state index in [1.54, 1.807) is 6.07 Å². The Balaban J connectivity index is 2.63. The summed E-state index contributed by atoms with van der Waals surface area (Å²) < 4.78 is 5.08. The lowest BCUT2D eigenvalue weighted by atomic mass is 9.91. The van der Waals surface area contributed by atoms with Crippen LogP contribution in [0.1, 0.15) is 28.8 Å². The van der Waals surface area contributed by atoms with Crippen molar-refractivity contribution in [1.82, 2.24) is 5.32 Å². The maximum Gasteiger partial charge on any atom is 0.253 e. The van der Waals surface area contributed by atoms with E-state index in [-0.39, 0.29) is 5.91 Å². The monoisotopic (exact) mass is 225 g/mol. The average Bonchev–Trinajstić information content (AvgIpc) is 2.23. The standard InChI is InChI=1S/C11H12ClNO2/c1-6-5-13-11(14)9-7(6)3-4-8(15-2)10(9)12/h3-4,6H,5H2,1-2H3,(H,13,14)/t6-/m1/s1. The van der Waals surface area contributed by atoms with Crippen LogP contribution in [0.4, 0.5) is 0 Å². The number of benzene rings is 1. The van der Waals surface area contributed by atoms with E-state index in [0.717, 1.165) is 5.56 Å². The van der Waals surface area contributed by atoms with Crippen LogP contribution < -0.4 is 10.1 Å². The van der Waals surface area contributed by atoms with Crippen molar-refractivity contribution in [2.45, 2.75) is 12.8 Å². The minimum absolute atomic E-state index is 0.119. The molecule has 4 heteroatoms. The molecule has 1 N–H and O–H groups in total. The van der Waals surface area contributed by atoms with Crippen molar-refractivity contribution in [3.63, 3.8) is 0 Å². The molecule has 2 rings (SSSR count). The second kappa shape index (κ2) is 3.74. The number of rotatable bonds is 1. The van der Waals surface area contributed by atoms with Crippen LogP contribution in [-0.4, -0.2) is 19.6 Å². The second-order valence-electron chi connectivity index (χ2n) is 3.66. The number of amides is 1. The number of methoxy groups -OCH3 is 1. The number of nitrogens with one attached hydrogen (secondary N) is 1. The van der Waals surface area contributed by atoms with Crippen molar-refractivity contribution >= 4 is 17.5 Å². The van der Waals surface area contributed by atoms with Crippen LogP contribution in [0.2, 0.25) is 5.02 Å². The average molecular weight is 226 g/mol. The van der Waals surface area contributed by atoms with Gasteiger partial charge in [0.25, 0.3) is 5.91 Å². The van der Waals surface area contributed by atoms with E-state index in [4.69, 9.17) is 16.3 Å². The molecule has 0 aliphatic carbocycles. The highest BCUT2D eigenvalue weighted by Gasteiger charge is 2.26. The molecule has 1 aromatic rings. The van der Waals surface area contributed by atoms with E-state index >= 15 is 0 Å². The van der Waals surface area contributed by atoms with Crippen LogP contribution >= 0.6 is 11.6 Å². The smallest absolute Gasteiger partial charge is 0.253 e. The molecule has 80 valence electrons. The Labute approximate surface area is 93.4 Å². The molecule has 3 nitrogen and oxygen atoms in total. The molecule has 0 fully saturated rings. The molecule has 0 spiro atoms. The third-order valence-electron chi connectivity index (χ3n) is 2.69. The lowest BCUT2D eigenvalue weighted by molar-refractivity contribution is 0.0941. The maximum absolute atomic E-state index is 11.7. The molecule has 1 heterocycles. The third kappa shape index (κ3) is 1.57. The van der Waals surface area contributed by atoms with Crippen molar-refractivity contribution in [1.29, 1.82) is 0 Å². The number of carbonyl (C=O) groups excluding carboxylic acids is 1. The first kappa shape index (κ1) is 10.3. The van der Waals surface area contributed by atoms with Crippen LogP contribution in [0.5, 0.6) is 5.75 Å². The van der Waals surface area contributed by atoms with Gasteiger partial charge in [0.2, 0.25) is 0 Å². The first-order chi connectivity index (χ1) is 7.15. The molecule has 0 unspecified atom stereocenters. The normalized spacial score (nSPS) is 19.4. The molecule has 0 saturated heterocycles. The molecule has 0 bridgehead atoms. The highest BCUT2D eigenvalue weighted by molar-refractivity contribution is 6.35. The van der Waals surface area contributed by atoms with Gasteiger partial charge in [-0.1, -0.05) is 24.6 Å². The van der Waals surface area contributed by atoms with E-state index in [1.807, 2.05) is 6.07 Å². The van der Waals surface area contributed by atoms with Crippen molar-refractivity contribution < 1.29 is 9.53 Å². The van der Waals surface area contributed by atoms with Crippen LogP contribution in [0.15, 0.2) is 12.1 Å². The van der Waals surface area contributed by atoms with Gasteiger partial charge in [-0.15, -0.1) is 0 Å². The summed E-state index contributed by atoms with van der Waals surface area (Å²) in [5, 5.41) is 3.20. The Hall–Kier alpha value is -1.22. The lowest BCUT2D eigenvalue weighted by Gasteiger charge is -2.24. The summed E-state index contributed by atoms with van der Waals surface area (Å²) in [6.07, 6.45) is 0. The molecule has 1 aliphatic rings. The molecule has 1 amide bonds. The number of carbonyl (C=O) groups is 1. The van der Waals surface area contributed by atoms with Crippen molar-refractivity contribution in [3.05, 3.63) is 28.3 Å². The van der Waals surface area contributed by atoms with Crippen molar-refractivity contribution in [3.8, 4) is 5.75 Å². The van der Waals surface area contributed by atoms with Crippen LogP contribution in [0.3, 0.4) is 0 Å². The fraction of sp³-hybridized carbons (Fsp3) is 0.364. The SMILES string of the molecule is COc1ccc2c(c1Cl)C(=O)NC[C@H]2C. The van der Waals surface area contributed by atoms with Crippen molar-refractivity contribution in [2.24, 2.45) is 0 Å². The highest BCUT2D eigenvalue weighted by Crippen LogP contribution is 2.35. The lowest BCUT2D eigenvalue weighted by Crippen LogP contribution is -2.34. The Bertz CT molecular complexity index is 417. The van der Waals surface area contributed by atoms with Gasteiger partial charge >= 0.3 is 0 Å². The van der Waals surface area contributed by atoms with Crippen molar-refractivity contribution in [2.75, 3.05) is 13.7 Å². The highest BCUT2D eigenvalue weighted by atomic mass is 35.5. The zero-order valence-electron chi connectivity index (χ0n) is 8.63. The maximum atomic E-state index is 11.7. The molecule has 1 atom stereocenters. The summed E-state index contributed by atoms with van der Waals surface area (Å²) >= 11 is 6.10. The van der Waals surface area contributed by atoms with Gasteiger partial charge in [-0.2, -0.15) is 0 Å². The van der Waals surface area contributed by atoms with E-state index in [2.05, 4.69) is 12.2 Å². The zero-order chi connectivity index (χ0) is 11.0. The van der Waals surface area contributed by atoms with E-state index in [1.165, 1.54) is 7.11 Å². The minimum atomic E-state index is -0.119. The molecule has 0 aromatic heterocycles. The van der Waals surface area contributed by atoms with Crippen LogP contribution in [-0.2, 0) is 0 Å². The predicted molar refractivity (Wildman–Crippen MR) is 58.8 cm³/mol. The van der Waals surface area contributed by atoms with E-state index in [0.29, 0.717) is 28.8 Å². The Morgan fingerprint density at radius 3 is 2.93 bits per heavy atom. The number of hydrogen-bond donors (Lipinski definition) is 1. The van der Waals surface area contributed by atoms with Gasteiger partial charge in [0.1, 0.15) is 5.75 Å². The Morgan fingerprint density at radius 2 is 2.27 bits per heavy atom. The summed E-state index contributed by atoms with van der Waals surface area (Å²) in [7, 11) is 1.54. The van der Waals surface area contributed by atoms with Gasteiger partial charge in [0.05, 0.1) is 17.7 Å². The molecule has 0 radical (unpaired) electrons. The predicted octanol–water partition coefficient (Wildman–Crippen LogP) is 2.20. The topological polar surface area (TPSA) is 38.3 Å². The molecular formula is C11H12ClNO2. The summed E-state index contributed by atoms with van der Waals surface area (Å²) in [6, 6.07) is 3.71. The van der Waals surface area contributed by atoms with Gasteiger partial charge < -0.3 is 10.1 Å². The quantitative estimate of drug-likeness (QED) is 0.796. The second-order valence-corrected chi connectivity index (χ2v) is 4.04. The Kier molecular flexibility index (Phi) is 2.57. The number of fused-ring (bicyclic) bond motifs is 1. The van der Waals surface area contributed by atoms with Gasteiger partial charge in [-0.25, -0.2) is 0 Å². The molecular weight excluding hydrogens is 214 g/mol. The first-order valence-electron chi connectivity index (χ1n) is 4.79. The van der Waals surface area contributed by atoms with Crippen LogP contribution in [0.25, 0.3) is 0 Å². The third-order valence-corrected chi connectivity index (χ3v) is 3.06. The number of hydrogen-bond acceptors (Lipinski definition) is 2. The molecule has 1 aromatic carbocycles. The summed E-state index contributed by atoms with van der Waals surface area (Å²) in [5.74, 6) is 0.716. The number of halogens is 1. The van der Waals surface area contributed by atoms with E-state index < -0.39 is 0 Å². The van der Waals surface area contributed by atoms with Gasteiger partial charge in [0, 0.05) is 6.54 Å². The van der Waals surface area contributed by atoms with Gasteiger partial charge in [-0.05, 0) is 17.5 Å². The molecule has 1 aliphatic heterocycles. The fourth-order valence-corrected chi connectivity index (χ4v) is 2.15. The van der Waals surface area contributed by atoms with Gasteiger partial charge in [-0.3, -0.25) is 4.79 Å².